The number of nitrogens with zero attached hydrogens (tertiary/aromatic N) is 5. The molecule has 9 nitrogen and oxygen atoms in total. The van der Waals surface area contributed by atoms with Crippen molar-refractivity contribution in [2.45, 2.75) is 42.9 Å². The Morgan fingerprint density at radius 3 is 2.49 bits per heavy atom. The molecule has 4 aromatic rings. The summed E-state index contributed by atoms with van der Waals surface area (Å²) >= 11 is 1.35. The van der Waals surface area contributed by atoms with Crippen LogP contribution in [0.15, 0.2) is 65.8 Å². The van der Waals surface area contributed by atoms with Crippen LogP contribution in [-0.4, -0.2) is 71.7 Å². The zero-order valence-corrected chi connectivity index (χ0v) is 24.7. The molecular formula is C30H34N6O3S2. The van der Waals surface area contributed by atoms with Gasteiger partial charge in [0.15, 0.2) is 5.13 Å². The molecule has 0 unspecified atom stereocenters. The molecule has 1 saturated carbocycles. The number of anilines is 1. The Morgan fingerprint density at radius 1 is 1.02 bits per heavy atom. The van der Waals surface area contributed by atoms with E-state index in [1.165, 1.54) is 24.2 Å². The van der Waals surface area contributed by atoms with Gasteiger partial charge in [-0.2, -0.15) is 4.31 Å². The fourth-order valence-electron chi connectivity index (χ4n) is 5.76. The third-order valence-electron chi connectivity index (χ3n) is 8.19. The Morgan fingerprint density at radius 2 is 1.78 bits per heavy atom. The molecular weight excluding hydrogens is 557 g/mol. The van der Waals surface area contributed by atoms with Crippen molar-refractivity contribution in [2.24, 2.45) is 5.92 Å². The molecule has 1 N–H and O–H groups in total. The lowest BCUT2D eigenvalue weighted by Crippen LogP contribution is -2.47. The van der Waals surface area contributed by atoms with Crippen molar-refractivity contribution in [2.75, 3.05) is 38.5 Å². The Hall–Kier alpha value is -3.25. The second kappa shape index (κ2) is 11.9. The van der Waals surface area contributed by atoms with Gasteiger partial charge in [-0.15, -0.1) is 0 Å². The Kier molecular flexibility index (Phi) is 8.12. The number of hydrogen-bond acceptors (Lipinski definition) is 8. The van der Waals surface area contributed by atoms with Crippen LogP contribution in [0.5, 0.6) is 0 Å². The van der Waals surface area contributed by atoms with Crippen LogP contribution in [0.4, 0.5) is 5.13 Å². The number of carbonyl (C=O) groups excluding carboxylic acids is 1. The number of thiazole rings is 1. The number of piperazine rings is 1. The fourth-order valence-corrected chi connectivity index (χ4v) is 8.02. The van der Waals surface area contributed by atoms with Gasteiger partial charge in [0.25, 0.3) is 0 Å². The maximum absolute atomic E-state index is 13.7. The summed E-state index contributed by atoms with van der Waals surface area (Å²) in [6, 6.07) is 14.6. The van der Waals surface area contributed by atoms with Crippen LogP contribution in [0.25, 0.3) is 21.6 Å². The van der Waals surface area contributed by atoms with E-state index in [1.54, 1.807) is 28.8 Å². The topological polar surface area (TPSA) is 108 Å². The number of fused-ring (bicyclic) bond motifs is 1. The van der Waals surface area contributed by atoms with E-state index in [2.05, 4.69) is 20.2 Å². The molecule has 6 rings (SSSR count). The van der Waals surface area contributed by atoms with E-state index in [4.69, 9.17) is 4.98 Å². The number of benzene rings is 1. The van der Waals surface area contributed by atoms with Crippen LogP contribution < -0.4 is 5.32 Å². The average molecular weight is 591 g/mol. The Balaban J connectivity index is 1.22. The number of nitrogens with one attached hydrogen (secondary N) is 1. The second-order valence-corrected chi connectivity index (χ2v) is 13.9. The molecule has 2 fully saturated rings. The molecule has 1 aliphatic carbocycles. The van der Waals surface area contributed by atoms with Gasteiger partial charge in [0, 0.05) is 44.1 Å². The second-order valence-electron chi connectivity index (χ2n) is 11.0. The van der Waals surface area contributed by atoms with Crippen molar-refractivity contribution in [3.8, 4) is 11.3 Å². The summed E-state index contributed by atoms with van der Waals surface area (Å²) < 4.78 is 28.0. The number of carbonyl (C=O) groups is 1. The van der Waals surface area contributed by atoms with Crippen molar-refractivity contribution < 1.29 is 13.2 Å². The van der Waals surface area contributed by atoms with E-state index in [1.807, 2.05) is 43.4 Å². The molecule has 0 bridgehead atoms. The van der Waals surface area contributed by atoms with Crippen molar-refractivity contribution in [3.63, 3.8) is 0 Å². The molecule has 1 atom stereocenters. The van der Waals surface area contributed by atoms with Gasteiger partial charge < -0.3 is 10.2 Å². The minimum atomic E-state index is -3.57. The maximum atomic E-state index is 13.7. The van der Waals surface area contributed by atoms with Crippen molar-refractivity contribution in [1.82, 2.24) is 24.2 Å². The molecule has 1 aromatic carbocycles. The van der Waals surface area contributed by atoms with Crippen LogP contribution in [0.2, 0.25) is 0 Å². The zero-order chi connectivity index (χ0) is 28.4. The third-order valence-corrected chi connectivity index (χ3v) is 11.0. The minimum Gasteiger partial charge on any atom is -0.304 e. The molecule has 1 saturated heterocycles. The van der Waals surface area contributed by atoms with Crippen LogP contribution >= 0.6 is 11.3 Å². The molecule has 214 valence electrons. The summed E-state index contributed by atoms with van der Waals surface area (Å²) in [7, 11) is -1.57. The van der Waals surface area contributed by atoms with Gasteiger partial charge in [-0.05, 0) is 61.3 Å². The van der Waals surface area contributed by atoms with Gasteiger partial charge in [-0.3, -0.25) is 9.78 Å². The highest BCUT2D eigenvalue weighted by molar-refractivity contribution is 7.89. The number of rotatable bonds is 8. The predicted molar refractivity (Wildman–Crippen MR) is 161 cm³/mol. The molecule has 0 radical (unpaired) electrons. The summed E-state index contributed by atoms with van der Waals surface area (Å²) in [5.74, 6) is -0.0545. The van der Waals surface area contributed by atoms with Crippen molar-refractivity contribution >= 4 is 42.7 Å². The highest BCUT2D eigenvalue weighted by atomic mass is 32.2. The first kappa shape index (κ1) is 27.9. The molecule has 3 aromatic heterocycles. The lowest BCUT2D eigenvalue weighted by atomic mass is 9.87. The Bertz CT molecular complexity index is 1610. The summed E-state index contributed by atoms with van der Waals surface area (Å²) in [5, 5.41) is 3.55. The first-order valence-electron chi connectivity index (χ1n) is 14.1. The van der Waals surface area contributed by atoms with Crippen molar-refractivity contribution in [3.05, 3.63) is 66.5 Å². The lowest BCUT2D eigenvalue weighted by molar-refractivity contribution is -0.118. The summed E-state index contributed by atoms with van der Waals surface area (Å²) in [6.07, 6.45) is 8.82. The first-order chi connectivity index (χ1) is 19.9. The van der Waals surface area contributed by atoms with Gasteiger partial charge in [0.05, 0.1) is 16.5 Å². The predicted octanol–water partition coefficient (Wildman–Crippen LogP) is 4.99. The molecule has 2 aliphatic rings. The highest BCUT2D eigenvalue weighted by Crippen LogP contribution is 2.36. The fraction of sp³-hybridized carbons (Fsp3) is 0.400. The number of pyridine rings is 2. The number of hydrogen-bond donors (Lipinski definition) is 1. The molecule has 1 aliphatic heterocycles. The zero-order valence-electron chi connectivity index (χ0n) is 23.1. The lowest BCUT2D eigenvalue weighted by Gasteiger charge is -2.31. The molecule has 41 heavy (non-hydrogen) atoms. The van der Waals surface area contributed by atoms with E-state index < -0.39 is 15.9 Å². The first-order valence-corrected chi connectivity index (χ1v) is 16.4. The van der Waals surface area contributed by atoms with E-state index >= 15 is 0 Å². The molecule has 0 spiro atoms. The number of sulfonamides is 1. The highest BCUT2D eigenvalue weighted by Gasteiger charge is 2.30. The maximum Gasteiger partial charge on any atom is 0.243 e. The number of amides is 1. The quantitative estimate of drug-likeness (QED) is 0.308. The van der Waals surface area contributed by atoms with E-state index in [0.29, 0.717) is 37.2 Å². The van der Waals surface area contributed by atoms with E-state index in [0.717, 1.165) is 46.4 Å². The van der Waals surface area contributed by atoms with Gasteiger partial charge in [0.1, 0.15) is 10.3 Å². The summed E-state index contributed by atoms with van der Waals surface area (Å²) in [5.41, 5.74) is 3.27. The van der Waals surface area contributed by atoms with E-state index in [9.17, 15) is 13.2 Å². The number of likely N-dealkylation sites (N-methyl/N-ethyl adjacent to an activating group) is 1. The van der Waals surface area contributed by atoms with E-state index in [-0.39, 0.29) is 10.8 Å². The molecule has 4 heterocycles. The number of aromatic nitrogens is 3. The largest absolute Gasteiger partial charge is 0.304 e. The van der Waals surface area contributed by atoms with Crippen LogP contribution in [0, 0.1) is 5.92 Å². The van der Waals surface area contributed by atoms with Crippen LogP contribution in [0.1, 0.15) is 43.6 Å². The molecule has 11 heteroatoms. The summed E-state index contributed by atoms with van der Waals surface area (Å²) in [6.45, 7) is 2.39. The normalized spacial score (nSPS) is 18.1. The SMILES string of the molecule is CN1CCN(S(=O)(=O)c2ccc([C@@H](CC3CCCC3)C(=O)Nc3nc4ccc(-c5cccnc5)nc4s3)cc2)CC1. The van der Waals surface area contributed by atoms with Gasteiger partial charge >= 0.3 is 0 Å². The smallest absolute Gasteiger partial charge is 0.243 e. The van der Waals surface area contributed by atoms with Gasteiger partial charge in [0.2, 0.25) is 15.9 Å². The third kappa shape index (κ3) is 6.18. The Labute approximate surface area is 244 Å². The van der Waals surface area contributed by atoms with Gasteiger partial charge in [-0.25, -0.2) is 18.4 Å². The van der Waals surface area contributed by atoms with Crippen molar-refractivity contribution in [1.29, 1.82) is 0 Å². The monoisotopic (exact) mass is 590 g/mol. The standard InChI is InChI=1S/C30H34N6O3S2/c1-35-15-17-36(18-16-35)41(38,39)24-10-8-22(9-11-24)25(19-21-5-2-3-6-21)28(37)34-30-33-27-13-12-26(32-29(27)40-30)23-7-4-14-31-20-23/h4,7-14,20-21,25H,2-3,5-6,15-19H2,1H3,(H,33,34,37)/t25-/m1/s1. The van der Waals surface area contributed by atoms with Crippen LogP contribution in [0.3, 0.4) is 0 Å². The average Bonchev–Trinajstić information content (AvgIpc) is 3.65. The molecule has 1 amide bonds. The van der Waals surface area contributed by atoms with Crippen LogP contribution in [-0.2, 0) is 14.8 Å². The summed E-state index contributed by atoms with van der Waals surface area (Å²) in [4.78, 5) is 30.4. The van der Waals surface area contributed by atoms with Gasteiger partial charge in [-0.1, -0.05) is 49.2 Å². The minimum absolute atomic E-state index is 0.127.